The van der Waals surface area contributed by atoms with Gasteiger partial charge in [-0.15, -0.1) is 0 Å². The average Bonchev–Trinajstić information content (AvgIpc) is 2.44. The van der Waals surface area contributed by atoms with Crippen LogP contribution in [0.1, 0.15) is 19.5 Å². The zero-order valence-corrected chi connectivity index (χ0v) is 10.6. The number of nitrogens with zero attached hydrogens (tertiary/aromatic N) is 3. The van der Waals surface area contributed by atoms with Crippen LogP contribution in [0.15, 0.2) is 6.20 Å². The Bertz CT molecular complexity index is 325. The number of nitrogens with one attached hydrogen (secondary N) is 1. The van der Waals surface area contributed by atoms with Crippen LogP contribution in [-0.4, -0.2) is 41.1 Å². The molecule has 1 rings (SSSR count). The Hall–Kier alpha value is -1.03. The average molecular weight is 210 g/mol. The van der Waals surface area contributed by atoms with Crippen molar-refractivity contribution in [3.63, 3.8) is 0 Å². The van der Waals surface area contributed by atoms with E-state index in [0.29, 0.717) is 0 Å². The molecule has 1 heterocycles. The van der Waals surface area contributed by atoms with Gasteiger partial charge in [-0.05, 0) is 34.9 Å². The predicted molar refractivity (Wildman–Crippen MR) is 64.3 cm³/mol. The molecule has 4 nitrogen and oxygen atoms in total. The summed E-state index contributed by atoms with van der Waals surface area (Å²) >= 11 is 0. The van der Waals surface area contributed by atoms with Crippen LogP contribution in [0.3, 0.4) is 0 Å². The van der Waals surface area contributed by atoms with Crippen molar-refractivity contribution in [1.29, 1.82) is 0 Å². The summed E-state index contributed by atoms with van der Waals surface area (Å²) in [6.07, 6.45) is 2.08. The third-order valence-electron chi connectivity index (χ3n) is 2.89. The van der Waals surface area contributed by atoms with Gasteiger partial charge in [-0.3, -0.25) is 0 Å². The van der Waals surface area contributed by atoms with Crippen LogP contribution in [-0.2, 0) is 6.54 Å². The molecule has 1 aromatic rings. The number of aryl methyl sites for hydroxylation is 1. The van der Waals surface area contributed by atoms with E-state index in [9.17, 15) is 0 Å². The molecule has 0 spiro atoms. The second-order valence-electron chi connectivity index (χ2n) is 4.79. The highest BCUT2D eigenvalue weighted by Gasteiger charge is 2.22. The van der Waals surface area contributed by atoms with Gasteiger partial charge in [0.25, 0.3) is 0 Å². The predicted octanol–water partition coefficient (Wildman–Crippen LogP) is 1.57. The van der Waals surface area contributed by atoms with Gasteiger partial charge in [-0.25, -0.2) is 4.98 Å². The highest BCUT2D eigenvalue weighted by molar-refractivity contribution is 5.27. The van der Waals surface area contributed by atoms with E-state index in [4.69, 9.17) is 0 Å². The maximum Gasteiger partial charge on any atom is 0.202 e. The molecule has 0 aliphatic rings. The van der Waals surface area contributed by atoms with Crippen LogP contribution in [0, 0.1) is 6.92 Å². The molecule has 0 aromatic carbocycles. The maximum atomic E-state index is 4.41. The highest BCUT2D eigenvalue weighted by Crippen LogP contribution is 2.17. The number of aromatic nitrogens is 2. The van der Waals surface area contributed by atoms with Crippen LogP contribution in [0.4, 0.5) is 5.95 Å². The molecule has 0 fully saturated rings. The van der Waals surface area contributed by atoms with Crippen molar-refractivity contribution in [2.24, 2.45) is 0 Å². The summed E-state index contributed by atoms with van der Waals surface area (Å²) in [5.74, 6) is 0.933. The Morgan fingerprint density at radius 1 is 1.47 bits per heavy atom. The minimum Gasteiger partial charge on any atom is -0.359 e. The van der Waals surface area contributed by atoms with Crippen LogP contribution >= 0.6 is 0 Å². The molecule has 1 aromatic heterocycles. The van der Waals surface area contributed by atoms with E-state index in [2.05, 4.69) is 53.9 Å². The summed E-state index contributed by atoms with van der Waals surface area (Å²) in [6.45, 7) is 7.39. The third kappa shape index (κ3) is 2.72. The second-order valence-corrected chi connectivity index (χ2v) is 4.79. The van der Waals surface area contributed by atoms with Gasteiger partial charge in [0.05, 0.1) is 5.69 Å². The van der Waals surface area contributed by atoms with Gasteiger partial charge in [0.1, 0.15) is 0 Å². The number of hydrogen-bond acceptors (Lipinski definition) is 3. The largest absolute Gasteiger partial charge is 0.359 e. The minimum atomic E-state index is 0.124. The summed E-state index contributed by atoms with van der Waals surface area (Å²) in [7, 11) is 6.10. The Morgan fingerprint density at radius 3 is 2.53 bits per heavy atom. The fourth-order valence-corrected chi connectivity index (χ4v) is 1.43. The first kappa shape index (κ1) is 12.0. The number of hydrogen-bond donors (Lipinski definition) is 1. The summed E-state index contributed by atoms with van der Waals surface area (Å²) in [5.41, 5.74) is 1.17. The molecule has 0 radical (unpaired) electrons. The lowest BCUT2D eigenvalue weighted by atomic mass is 10.0. The van der Waals surface area contributed by atoms with Gasteiger partial charge in [-0.2, -0.15) is 0 Å². The van der Waals surface area contributed by atoms with E-state index in [1.54, 1.807) is 0 Å². The summed E-state index contributed by atoms with van der Waals surface area (Å²) in [4.78, 5) is 6.63. The van der Waals surface area contributed by atoms with Crippen LogP contribution in [0.2, 0.25) is 0 Å². The van der Waals surface area contributed by atoms with Crippen molar-refractivity contribution in [3.8, 4) is 0 Å². The standard InChI is InChI=1S/C11H22N4/c1-9-7-15(10(12-4)13-9)8-11(2,3)14(5)6/h7H,8H2,1-6H3,(H,12,13). The van der Waals surface area contributed by atoms with E-state index < -0.39 is 0 Å². The Labute approximate surface area is 92.3 Å². The van der Waals surface area contributed by atoms with Crippen molar-refractivity contribution in [2.75, 3.05) is 26.5 Å². The van der Waals surface area contributed by atoms with Gasteiger partial charge >= 0.3 is 0 Å². The smallest absolute Gasteiger partial charge is 0.202 e. The van der Waals surface area contributed by atoms with E-state index >= 15 is 0 Å². The zero-order valence-electron chi connectivity index (χ0n) is 10.6. The topological polar surface area (TPSA) is 33.1 Å². The van der Waals surface area contributed by atoms with Crippen molar-refractivity contribution < 1.29 is 0 Å². The van der Waals surface area contributed by atoms with Gasteiger partial charge in [0.15, 0.2) is 0 Å². The van der Waals surface area contributed by atoms with Gasteiger partial charge < -0.3 is 14.8 Å². The van der Waals surface area contributed by atoms with Crippen LogP contribution in [0.5, 0.6) is 0 Å². The molecule has 0 aliphatic heterocycles. The molecule has 86 valence electrons. The number of rotatable bonds is 4. The van der Waals surface area contributed by atoms with E-state index in [0.717, 1.165) is 18.2 Å². The van der Waals surface area contributed by atoms with E-state index in [1.807, 2.05) is 14.0 Å². The van der Waals surface area contributed by atoms with Crippen molar-refractivity contribution in [1.82, 2.24) is 14.5 Å². The lowest BCUT2D eigenvalue weighted by molar-refractivity contribution is 0.170. The fourth-order valence-electron chi connectivity index (χ4n) is 1.43. The first-order chi connectivity index (χ1) is 6.86. The van der Waals surface area contributed by atoms with Gasteiger partial charge in [-0.1, -0.05) is 0 Å². The quantitative estimate of drug-likeness (QED) is 0.819. The molecule has 0 aliphatic carbocycles. The molecule has 0 amide bonds. The van der Waals surface area contributed by atoms with Crippen molar-refractivity contribution in [2.45, 2.75) is 32.9 Å². The molecule has 1 N–H and O–H groups in total. The normalized spacial score (nSPS) is 12.2. The molecule has 0 bridgehead atoms. The third-order valence-corrected chi connectivity index (χ3v) is 2.89. The molecule has 0 saturated carbocycles. The van der Waals surface area contributed by atoms with Gasteiger partial charge in [0, 0.05) is 25.3 Å². The zero-order chi connectivity index (χ0) is 11.6. The summed E-state index contributed by atoms with van der Waals surface area (Å²) in [5, 5.41) is 3.11. The summed E-state index contributed by atoms with van der Waals surface area (Å²) in [6, 6.07) is 0. The molecule has 0 atom stereocenters. The Morgan fingerprint density at radius 2 is 2.07 bits per heavy atom. The molecule has 0 unspecified atom stereocenters. The fraction of sp³-hybridized carbons (Fsp3) is 0.727. The summed E-state index contributed by atoms with van der Waals surface area (Å²) < 4.78 is 2.16. The first-order valence-corrected chi connectivity index (χ1v) is 5.26. The SMILES string of the molecule is CNc1nc(C)cn1CC(C)(C)N(C)C. The number of imidazole rings is 1. The molecule has 4 heteroatoms. The Kier molecular flexibility index (Phi) is 3.39. The highest BCUT2D eigenvalue weighted by atomic mass is 15.2. The lowest BCUT2D eigenvalue weighted by Crippen LogP contribution is -2.42. The molecule has 15 heavy (non-hydrogen) atoms. The first-order valence-electron chi connectivity index (χ1n) is 5.26. The lowest BCUT2D eigenvalue weighted by Gasteiger charge is -2.33. The minimum absolute atomic E-state index is 0.124. The monoisotopic (exact) mass is 210 g/mol. The van der Waals surface area contributed by atoms with Gasteiger partial charge in [0.2, 0.25) is 5.95 Å². The van der Waals surface area contributed by atoms with Crippen LogP contribution in [0.25, 0.3) is 0 Å². The second kappa shape index (κ2) is 4.23. The molecular formula is C11H22N4. The van der Waals surface area contributed by atoms with E-state index in [1.165, 1.54) is 0 Å². The van der Waals surface area contributed by atoms with Crippen molar-refractivity contribution >= 4 is 5.95 Å². The van der Waals surface area contributed by atoms with Crippen LogP contribution < -0.4 is 5.32 Å². The molecule has 0 saturated heterocycles. The number of likely N-dealkylation sites (N-methyl/N-ethyl adjacent to an activating group) is 1. The number of anilines is 1. The maximum absolute atomic E-state index is 4.41. The van der Waals surface area contributed by atoms with Crippen molar-refractivity contribution in [3.05, 3.63) is 11.9 Å². The van der Waals surface area contributed by atoms with E-state index in [-0.39, 0.29) is 5.54 Å². The Balaban J connectivity index is 2.88. The molecular weight excluding hydrogens is 188 g/mol.